The van der Waals surface area contributed by atoms with Gasteiger partial charge in [0.15, 0.2) is 0 Å². The van der Waals surface area contributed by atoms with Crippen molar-refractivity contribution >= 4 is 39.2 Å². The van der Waals surface area contributed by atoms with Crippen molar-refractivity contribution in [3.05, 3.63) is 95.6 Å². The third-order valence-corrected chi connectivity index (χ3v) is 6.87. The maximum absolute atomic E-state index is 13.7. The number of carbonyl (C=O) groups excluding carboxylic acids is 1. The molecule has 41 heavy (non-hydrogen) atoms. The Labute approximate surface area is 233 Å². The average Bonchev–Trinajstić information content (AvgIpc) is 2.95. The Morgan fingerprint density at radius 2 is 1.73 bits per heavy atom. The molecule has 0 fully saturated rings. The van der Waals surface area contributed by atoms with Crippen LogP contribution < -0.4 is 20.7 Å². The topological polar surface area (TPSA) is 151 Å². The van der Waals surface area contributed by atoms with Gasteiger partial charge in [-0.1, -0.05) is 18.2 Å². The minimum absolute atomic E-state index is 0.0130. The van der Waals surface area contributed by atoms with Crippen LogP contribution in [0, 0.1) is 0 Å². The molecule has 0 saturated carbocycles. The zero-order chi connectivity index (χ0) is 29.5. The van der Waals surface area contributed by atoms with E-state index in [4.69, 9.17) is 0 Å². The lowest BCUT2D eigenvalue weighted by Crippen LogP contribution is -2.23. The van der Waals surface area contributed by atoms with Gasteiger partial charge in [0.05, 0.1) is 18.0 Å². The molecule has 11 nitrogen and oxygen atoms in total. The largest absolute Gasteiger partial charge is 0.421 e. The maximum atomic E-state index is 13.7. The fraction of sp³-hybridized carbons (Fsp3) is 0.192. The van der Waals surface area contributed by atoms with Gasteiger partial charge in [0.1, 0.15) is 17.2 Å². The van der Waals surface area contributed by atoms with E-state index in [1.165, 1.54) is 31.3 Å². The van der Waals surface area contributed by atoms with Gasteiger partial charge in [-0.15, -0.1) is 0 Å². The first-order chi connectivity index (χ1) is 19.5. The van der Waals surface area contributed by atoms with E-state index >= 15 is 0 Å². The number of sulfonamides is 1. The number of hydrogen-bond donors (Lipinski definition) is 4. The highest BCUT2D eigenvalue weighted by atomic mass is 32.2. The molecule has 0 unspecified atom stereocenters. The second-order valence-corrected chi connectivity index (χ2v) is 10.5. The molecule has 0 atom stereocenters. The van der Waals surface area contributed by atoms with Crippen LogP contribution in [-0.4, -0.2) is 40.0 Å². The summed E-state index contributed by atoms with van der Waals surface area (Å²) in [5, 5.41) is 8.18. The zero-order valence-electron chi connectivity index (χ0n) is 21.6. The van der Waals surface area contributed by atoms with E-state index in [9.17, 15) is 26.4 Å². The SMILES string of the molecule is CCS(=O)(=O)Nc1ncccc1CNc1nc(Nc2cccc(C(=O)NCc3ccccn3)c2)ncc1C(F)(F)F. The standard InChI is InChI=1S/C26H25F3N8O3S/c1-2-41(39,40)37-22-18(8-6-12-31-22)14-32-23-21(26(27,28)29)16-34-25(36-23)35-19-10-5-7-17(13-19)24(38)33-15-20-9-3-4-11-30-20/h3-13,16H,2,14-15H2,1H3,(H,31,37)(H,33,38)(H2,32,34,35,36). The Bertz CT molecular complexity index is 1620. The maximum Gasteiger partial charge on any atom is 0.421 e. The summed E-state index contributed by atoms with van der Waals surface area (Å²) in [7, 11) is -3.67. The van der Waals surface area contributed by atoms with Gasteiger partial charge in [-0.25, -0.2) is 18.4 Å². The molecule has 0 spiro atoms. The summed E-state index contributed by atoms with van der Waals surface area (Å²) in [6.45, 7) is 1.44. The molecule has 1 amide bonds. The minimum Gasteiger partial charge on any atom is -0.365 e. The first-order valence-electron chi connectivity index (χ1n) is 12.2. The van der Waals surface area contributed by atoms with Gasteiger partial charge >= 0.3 is 6.18 Å². The summed E-state index contributed by atoms with van der Waals surface area (Å²) in [6, 6.07) is 14.7. The van der Waals surface area contributed by atoms with E-state index in [-0.39, 0.29) is 36.5 Å². The van der Waals surface area contributed by atoms with Crippen LogP contribution in [0.25, 0.3) is 0 Å². The van der Waals surface area contributed by atoms with Crippen molar-refractivity contribution in [3.8, 4) is 0 Å². The molecule has 0 aliphatic carbocycles. The van der Waals surface area contributed by atoms with Crippen molar-refractivity contribution in [2.75, 3.05) is 21.1 Å². The minimum atomic E-state index is -4.77. The summed E-state index contributed by atoms with van der Waals surface area (Å²) < 4.78 is 67.5. The highest BCUT2D eigenvalue weighted by molar-refractivity contribution is 7.92. The Kier molecular flexibility index (Phi) is 8.97. The number of alkyl halides is 3. The highest BCUT2D eigenvalue weighted by Gasteiger charge is 2.35. The van der Waals surface area contributed by atoms with Gasteiger partial charge in [-0.2, -0.15) is 18.2 Å². The Morgan fingerprint density at radius 1 is 0.927 bits per heavy atom. The molecule has 0 radical (unpaired) electrons. The lowest BCUT2D eigenvalue weighted by molar-refractivity contribution is -0.137. The molecule has 3 heterocycles. The number of nitrogens with zero attached hydrogens (tertiary/aromatic N) is 4. The molecule has 15 heteroatoms. The number of carbonyl (C=O) groups is 1. The number of pyridine rings is 2. The summed E-state index contributed by atoms with van der Waals surface area (Å²) in [5.41, 5.74) is 0.523. The fourth-order valence-corrected chi connectivity index (χ4v) is 4.12. The van der Waals surface area contributed by atoms with Crippen LogP contribution in [0.1, 0.15) is 34.1 Å². The Balaban J connectivity index is 1.52. The van der Waals surface area contributed by atoms with E-state index in [2.05, 4.69) is 40.6 Å². The predicted octanol–water partition coefficient (Wildman–Crippen LogP) is 4.33. The van der Waals surface area contributed by atoms with Gasteiger partial charge in [0.25, 0.3) is 5.91 Å². The van der Waals surface area contributed by atoms with Crippen molar-refractivity contribution < 1.29 is 26.4 Å². The number of anilines is 4. The van der Waals surface area contributed by atoms with E-state index in [0.29, 0.717) is 28.7 Å². The number of hydrogen-bond acceptors (Lipinski definition) is 9. The predicted molar refractivity (Wildman–Crippen MR) is 147 cm³/mol. The summed E-state index contributed by atoms with van der Waals surface area (Å²) in [5.74, 6) is -1.29. The first kappa shape index (κ1) is 29.2. The highest BCUT2D eigenvalue weighted by Crippen LogP contribution is 2.34. The Hall–Kier alpha value is -4.79. The third kappa shape index (κ3) is 8.11. The van der Waals surface area contributed by atoms with Crippen LogP contribution in [0.3, 0.4) is 0 Å². The lowest BCUT2D eigenvalue weighted by Gasteiger charge is -2.16. The van der Waals surface area contributed by atoms with Crippen molar-refractivity contribution in [1.29, 1.82) is 0 Å². The lowest BCUT2D eigenvalue weighted by atomic mass is 10.2. The molecule has 0 aliphatic rings. The number of aromatic nitrogens is 4. The molecule has 214 valence electrons. The van der Waals surface area contributed by atoms with Gasteiger partial charge in [-0.05, 0) is 43.3 Å². The summed E-state index contributed by atoms with van der Waals surface area (Å²) in [4.78, 5) is 28.5. The molecule has 4 rings (SSSR count). The van der Waals surface area contributed by atoms with Crippen LogP contribution in [-0.2, 0) is 29.3 Å². The number of rotatable bonds is 11. The first-order valence-corrected chi connectivity index (χ1v) is 13.9. The van der Waals surface area contributed by atoms with Gasteiger partial charge in [-0.3, -0.25) is 14.5 Å². The summed E-state index contributed by atoms with van der Waals surface area (Å²) >= 11 is 0. The van der Waals surface area contributed by atoms with E-state index in [1.54, 1.807) is 42.6 Å². The second kappa shape index (κ2) is 12.6. The monoisotopic (exact) mass is 586 g/mol. The second-order valence-electron chi connectivity index (χ2n) is 8.53. The molecule has 0 aliphatic heterocycles. The molecule has 1 aromatic carbocycles. The normalized spacial score (nSPS) is 11.5. The van der Waals surface area contributed by atoms with Crippen molar-refractivity contribution in [1.82, 2.24) is 25.3 Å². The zero-order valence-corrected chi connectivity index (χ0v) is 22.4. The van der Waals surface area contributed by atoms with E-state index < -0.39 is 27.6 Å². The molecular formula is C26H25F3N8O3S. The van der Waals surface area contributed by atoms with Gasteiger partial charge < -0.3 is 16.0 Å². The quantitative estimate of drug-likeness (QED) is 0.201. The average molecular weight is 587 g/mol. The van der Waals surface area contributed by atoms with Crippen molar-refractivity contribution in [3.63, 3.8) is 0 Å². The molecule has 3 aromatic heterocycles. The van der Waals surface area contributed by atoms with E-state index in [0.717, 1.165) is 0 Å². The molecular weight excluding hydrogens is 561 g/mol. The number of benzene rings is 1. The summed E-state index contributed by atoms with van der Waals surface area (Å²) in [6.07, 6.45) is -1.17. The van der Waals surface area contributed by atoms with Crippen LogP contribution in [0.15, 0.2) is 73.2 Å². The van der Waals surface area contributed by atoms with Crippen LogP contribution in [0.4, 0.5) is 36.4 Å². The third-order valence-electron chi connectivity index (χ3n) is 5.60. The Morgan fingerprint density at radius 3 is 2.46 bits per heavy atom. The molecule has 4 aromatic rings. The number of amides is 1. The van der Waals surface area contributed by atoms with Gasteiger partial charge in [0, 0.05) is 41.9 Å². The molecule has 0 saturated heterocycles. The van der Waals surface area contributed by atoms with Crippen LogP contribution in [0.2, 0.25) is 0 Å². The van der Waals surface area contributed by atoms with Crippen molar-refractivity contribution in [2.24, 2.45) is 0 Å². The van der Waals surface area contributed by atoms with Crippen LogP contribution in [0.5, 0.6) is 0 Å². The molecule has 0 bridgehead atoms. The number of halogens is 3. The van der Waals surface area contributed by atoms with E-state index in [1.807, 2.05) is 0 Å². The number of nitrogens with one attached hydrogen (secondary N) is 4. The molecule has 4 N–H and O–H groups in total. The fourth-order valence-electron chi connectivity index (χ4n) is 3.50. The van der Waals surface area contributed by atoms with Crippen LogP contribution >= 0.6 is 0 Å². The van der Waals surface area contributed by atoms with Crippen molar-refractivity contribution in [2.45, 2.75) is 26.2 Å². The van der Waals surface area contributed by atoms with Gasteiger partial charge in [0.2, 0.25) is 16.0 Å². The smallest absolute Gasteiger partial charge is 0.365 e.